The fraction of sp³-hybridized carbons (Fsp3) is 0.526. The monoisotopic (exact) mass is 331 g/mol. The topological polar surface area (TPSA) is 56.8 Å². The van der Waals surface area contributed by atoms with E-state index in [-0.39, 0.29) is 18.4 Å². The number of methoxy groups -OCH3 is 3. The Morgan fingerprint density at radius 1 is 1.12 bits per heavy atom. The molecule has 3 rings (SSSR count). The van der Waals surface area contributed by atoms with Crippen LogP contribution in [-0.4, -0.2) is 40.4 Å². The molecule has 5 nitrogen and oxygen atoms in total. The first-order chi connectivity index (χ1) is 11.7. The van der Waals surface area contributed by atoms with Crippen LogP contribution in [0.3, 0.4) is 0 Å². The van der Waals surface area contributed by atoms with Crippen LogP contribution < -0.4 is 14.8 Å². The number of carbonyl (C=O) groups excluding carboxylic acids is 1. The number of hydrogen-bond donors (Lipinski definition) is 1. The maximum absolute atomic E-state index is 11.8. The molecule has 2 aliphatic rings. The largest absolute Gasteiger partial charge is 0.493 e. The third kappa shape index (κ3) is 3.00. The Bertz CT molecular complexity index is 666. The number of nitrogens with one attached hydrogen (secondary N) is 1. The highest BCUT2D eigenvalue weighted by molar-refractivity contribution is 5.82. The van der Waals surface area contributed by atoms with Crippen LogP contribution in [0.4, 0.5) is 0 Å². The van der Waals surface area contributed by atoms with Gasteiger partial charge in [-0.2, -0.15) is 0 Å². The van der Waals surface area contributed by atoms with Crippen LogP contribution in [-0.2, 0) is 9.53 Å². The van der Waals surface area contributed by atoms with E-state index in [1.54, 1.807) is 14.2 Å². The van der Waals surface area contributed by atoms with Gasteiger partial charge >= 0.3 is 0 Å². The van der Waals surface area contributed by atoms with Gasteiger partial charge in [-0.15, -0.1) is 0 Å². The van der Waals surface area contributed by atoms with Crippen LogP contribution in [0.2, 0.25) is 0 Å². The third-order valence-electron chi connectivity index (χ3n) is 4.97. The SMILES string of the molecule is COCC(=O)NC[C@H]1C2=C(CCCC2)c2cc(OC)c(OC)cc21. The van der Waals surface area contributed by atoms with Gasteiger partial charge < -0.3 is 19.5 Å². The number of allylic oxidation sites excluding steroid dienone is 1. The fourth-order valence-electron chi connectivity index (χ4n) is 3.88. The van der Waals surface area contributed by atoms with Crippen molar-refractivity contribution < 1.29 is 19.0 Å². The van der Waals surface area contributed by atoms with Crippen LogP contribution >= 0.6 is 0 Å². The molecule has 1 N–H and O–H groups in total. The predicted octanol–water partition coefficient (Wildman–Crippen LogP) is 2.89. The van der Waals surface area contributed by atoms with E-state index in [0.29, 0.717) is 6.54 Å². The van der Waals surface area contributed by atoms with E-state index in [1.165, 1.54) is 42.2 Å². The summed E-state index contributed by atoms with van der Waals surface area (Å²) in [5, 5.41) is 3.00. The lowest BCUT2D eigenvalue weighted by atomic mass is 9.87. The molecule has 1 aromatic carbocycles. The van der Waals surface area contributed by atoms with E-state index in [2.05, 4.69) is 17.4 Å². The Kier molecular flexibility index (Phi) is 5.09. The molecule has 0 bridgehead atoms. The van der Waals surface area contributed by atoms with E-state index >= 15 is 0 Å². The molecule has 5 heteroatoms. The molecule has 0 fully saturated rings. The molecule has 24 heavy (non-hydrogen) atoms. The maximum Gasteiger partial charge on any atom is 0.246 e. The van der Waals surface area contributed by atoms with Gasteiger partial charge in [-0.25, -0.2) is 0 Å². The zero-order chi connectivity index (χ0) is 17.1. The van der Waals surface area contributed by atoms with Gasteiger partial charge in [-0.05, 0) is 54.5 Å². The molecule has 0 spiro atoms. The van der Waals surface area contributed by atoms with Gasteiger partial charge in [0.15, 0.2) is 11.5 Å². The molecule has 0 aromatic heterocycles. The zero-order valence-corrected chi connectivity index (χ0v) is 14.6. The van der Waals surface area contributed by atoms with Gasteiger partial charge in [-0.3, -0.25) is 4.79 Å². The fourth-order valence-corrected chi connectivity index (χ4v) is 3.88. The van der Waals surface area contributed by atoms with Crippen molar-refractivity contribution in [3.8, 4) is 11.5 Å². The highest BCUT2D eigenvalue weighted by atomic mass is 16.5. The molecule has 0 saturated heterocycles. The van der Waals surface area contributed by atoms with E-state index in [9.17, 15) is 4.79 Å². The minimum Gasteiger partial charge on any atom is -0.493 e. The Hall–Kier alpha value is -2.01. The highest BCUT2D eigenvalue weighted by Crippen LogP contribution is 2.51. The molecule has 1 amide bonds. The minimum atomic E-state index is -0.0793. The number of ether oxygens (including phenoxy) is 3. The second-order valence-corrected chi connectivity index (χ2v) is 6.30. The van der Waals surface area contributed by atoms with E-state index in [1.807, 2.05) is 0 Å². The maximum atomic E-state index is 11.8. The summed E-state index contributed by atoms with van der Waals surface area (Å²) in [6, 6.07) is 4.16. The van der Waals surface area contributed by atoms with Crippen molar-refractivity contribution >= 4 is 11.5 Å². The number of rotatable bonds is 6. The second-order valence-electron chi connectivity index (χ2n) is 6.30. The molecular weight excluding hydrogens is 306 g/mol. The summed E-state index contributed by atoms with van der Waals surface area (Å²) in [4.78, 5) is 11.8. The van der Waals surface area contributed by atoms with Crippen molar-refractivity contribution in [2.45, 2.75) is 31.6 Å². The Morgan fingerprint density at radius 2 is 1.83 bits per heavy atom. The lowest BCUT2D eigenvalue weighted by Gasteiger charge is -2.20. The Morgan fingerprint density at radius 3 is 2.54 bits per heavy atom. The summed E-state index contributed by atoms with van der Waals surface area (Å²) in [5.41, 5.74) is 5.39. The van der Waals surface area contributed by atoms with Gasteiger partial charge in [0.1, 0.15) is 6.61 Å². The Balaban J connectivity index is 1.94. The number of carbonyl (C=O) groups is 1. The van der Waals surface area contributed by atoms with Gasteiger partial charge in [0.25, 0.3) is 0 Å². The first-order valence-corrected chi connectivity index (χ1v) is 8.43. The highest BCUT2D eigenvalue weighted by Gasteiger charge is 2.33. The third-order valence-corrected chi connectivity index (χ3v) is 4.97. The lowest BCUT2D eigenvalue weighted by Crippen LogP contribution is -2.31. The van der Waals surface area contributed by atoms with Crippen molar-refractivity contribution in [1.82, 2.24) is 5.32 Å². The standard InChI is InChI=1S/C19H25NO4/c1-22-11-19(21)20-10-16-13-7-5-4-6-12(13)14-8-17(23-2)18(24-3)9-15(14)16/h8-9,16H,4-7,10-11H2,1-3H3,(H,20,21)/t16-/m0/s1. The van der Waals surface area contributed by atoms with Crippen LogP contribution in [0.5, 0.6) is 11.5 Å². The molecule has 1 aromatic rings. The molecule has 0 aliphatic heterocycles. The zero-order valence-electron chi connectivity index (χ0n) is 14.6. The number of fused-ring (bicyclic) bond motifs is 2. The van der Waals surface area contributed by atoms with Gasteiger partial charge in [0.2, 0.25) is 5.91 Å². The van der Waals surface area contributed by atoms with Crippen molar-refractivity contribution in [2.75, 3.05) is 34.5 Å². The van der Waals surface area contributed by atoms with Crippen LogP contribution in [0.1, 0.15) is 42.7 Å². The minimum absolute atomic E-state index is 0.0793. The summed E-state index contributed by atoms with van der Waals surface area (Å²) >= 11 is 0. The number of benzene rings is 1. The van der Waals surface area contributed by atoms with E-state index in [0.717, 1.165) is 24.3 Å². The number of amides is 1. The van der Waals surface area contributed by atoms with Crippen LogP contribution in [0.25, 0.3) is 5.57 Å². The summed E-state index contributed by atoms with van der Waals surface area (Å²) in [6.45, 7) is 0.695. The van der Waals surface area contributed by atoms with Gasteiger partial charge in [0, 0.05) is 19.6 Å². The Labute approximate surface area is 143 Å². The molecule has 1 atom stereocenters. The van der Waals surface area contributed by atoms with E-state index < -0.39 is 0 Å². The molecule has 130 valence electrons. The average molecular weight is 331 g/mol. The predicted molar refractivity (Wildman–Crippen MR) is 92.6 cm³/mol. The van der Waals surface area contributed by atoms with Crippen molar-refractivity contribution in [3.05, 3.63) is 28.8 Å². The van der Waals surface area contributed by atoms with Crippen molar-refractivity contribution in [3.63, 3.8) is 0 Å². The second kappa shape index (κ2) is 7.26. The molecule has 0 unspecified atom stereocenters. The molecular formula is C19H25NO4. The number of hydrogen-bond acceptors (Lipinski definition) is 4. The average Bonchev–Trinajstić information content (AvgIpc) is 2.92. The van der Waals surface area contributed by atoms with Crippen molar-refractivity contribution in [1.29, 1.82) is 0 Å². The van der Waals surface area contributed by atoms with Crippen LogP contribution in [0, 0.1) is 0 Å². The van der Waals surface area contributed by atoms with Crippen LogP contribution in [0.15, 0.2) is 17.7 Å². The molecule has 0 heterocycles. The molecule has 0 radical (unpaired) electrons. The summed E-state index contributed by atoms with van der Waals surface area (Å²) in [5.74, 6) is 1.64. The summed E-state index contributed by atoms with van der Waals surface area (Å²) in [6.07, 6.45) is 4.62. The first-order valence-electron chi connectivity index (χ1n) is 8.43. The first kappa shape index (κ1) is 16.8. The quantitative estimate of drug-likeness (QED) is 0.871. The normalized spacial score (nSPS) is 18.9. The lowest BCUT2D eigenvalue weighted by molar-refractivity contribution is -0.124. The molecule has 0 saturated carbocycles. The summed E-state index contributed by atoms with van der Waals surface area (Å²) in [7, 11) is 4.85. The summed E-state index contributed by atoms with van der Waals surface area (Å²) < 4.78 is 15.9. The molecule has 2 aliphatic carbocycles. The van der Waals surface area contributed by atoms with Gasteiger partial charge in [-0.1, -0.05) is 5.57 Å². The van der Waals surface area contributed by atoms with Gasteiger partial charge in [0.05, 0.1) is 14.2 Å². The smallest absolute Gasteiger partial charge is 0.246 e. The van der Waals surface area contributed by atoms with E-state index in [4.69, 9.17) is 14.2 Å². The van der Waals surface area contributed by atoms with Crippen molar-refractivity contribution in [2.24, 2.45) is 0 Å².